The first-order valence-electron chi connectivity index (χ1n) is 7.69. The van der Waals surface area contributed by atoms with E-state index < -0.39 is 0 Å². The summed E-state index contributed by atoms with van der Waals surface area (Å²) in [5.41, 5.74) is 1.08. The maximum absolute atomic E-state index is 12.4. The minimum atomic E-state index is -0.0646. The van der Waals surface area contributed by atoms with Crippen molar-refractivity contribution < 1.29 is 9.90 Å². The summed E-state index contributed by atoms with van der Waals surface area (Å²) in [6.07, 6.45) is 4.19. The molecule has 0 aromatic heterocycles. The van der Waals surface area contributed by atoms with E-state index in [0.717, 1.165) is 24.8 Å². The molecule has 3 atom stereocenters. The molecule has 3 nitrogen and oxygen atoms in total. The number of nitrogens with one attached hydrogen (secondary N) is 1. The van der Waals surface area contributed by atoms with Gasteiger partial charge in [-0.25, -0.2) is 0 Å². The van der Waals surface area contributed by atoms with Crippen molar-refractivity contribution in [1.29, 1.82) is 0 Å². The van der Waals surface area contributed by atoms with Gasteiger partial charge in [0.1, 0.15) is 0 Å². The number of hydrogen-bond donors (Lipinski definition) is 2. The smallest absolute Gasteiger partial charge is 0.227 e. The lowest BCUT2D eigenvalue weighted by molar-refractivity contribution is -0.122. The van der Waals surface area contributed by atoms with Gasteiger partial charge in [-0.1, -0.05) is 43.7 Å². The van der Waals surface area contributed by atoms with Gasteiger partial charge in [-0.05, 0) is 36.7 Å². The first-order chi connectivity index (χ1) is 9.76. The fourth-order valence-electron chi connectivity index (χ4n) is 3.24. The Morgan fingerprint density at radius 2 is 2.00 bits per heavy atom. The zero-order chi connectivity index (χ0) is 14.4. The Morgan fingerprint density at radius 3 is 2.65 bits per heavy atom. The zero-order valence-corrected chi connectivity index (χ0v) is 12.2. The van der Waals surface area contributed by atoms with Crippen molar-refractivity contribution in [3.8, 4) is 0 Å². The molecule has 1 aliphatic rings. The lowest BCUT2D eigenvalue weighted by atomic mass is 9.94. The van der Waals surface area contributed by atoms with Gasteiger partial charge in [-0.3, -0.25) is 4.79 Å². The largest absolute Gasteiger partial charge is 0.396 e. The molecule has 1 saturated carbocycles. The number of amides is 1. The molecule has 110 valence electrons. The highest BCUT2D eigenvalue weighted by atomic mass is 16.3. The highest BCUT2D eigenvalue weighted by Crippen LogP contribution is 2.31. The van der Waals surface area contributed by atoms with Gasteiger partial charge < -0.3 is 10.4 Å². The summed E-state index contributed by atoms with van der Waals surface area (Å²) in [6.45, 7) is 2.99. The molecule has 1 aliphatic carbocycles. The lowest BCUT2D eigenvalue weighted by Crippen LogP contribution is -2.34. The Hall–Kier alpha value is -1.35. The molecule has 1 aromatic rings. The van der Waals surface area contributed by atoms with E-state index in [9.17, 15) is 9.90 Å². The van der Waals surface area contributed by atoms with Crippen LogP contribution in [0.3, 0.4) is 0 Å². The van der Waals surface area contributed by atoms with E-state index in [-0.39, 0.29) is 18.4 Å². The monoisotopic (exact) mass is 275 g/mol. The highest BCUT2D eigenvalue weighted by Gasteiger charge is 2.27. The van der Waals surface area contributed by atoms with Gasteiger partial charge in [0.2, 0.25) is 5.91 Å². The van der Waals surface area contributed by atoms with Gasteiger partial charge >= 0.3 is 0 Å². The molecule has 0 heterocycles. The van der Waals surface area contributed by atoms with E-state index in [1.807, 2.05) is 37.3 Å². The SMILES string of the molecule is CCC(C(=O)NCC1CCCC1CO)c1ccccc1. The van der Waals surface area contributed by atoms with E-state index in [1.165, 1.54) is 6.42 Å². The zero-order valence-electron chi connectivity index (χ0n) is 12.2. The van der Waals surface area contributed by atoms with Gasteiger partial charge in [0.15, 0.2) is 0 Å². The van der Waals surface area contributed by atoms with Crippen molar-refractivity contribution >= 4 is 5.91 Å². The number of rotatable bonds is 6. The summed E-state index contributed by atoms with van der Waals surface area (Å²) in [6, 6.07) is 9.95. The second-order valence-corrected chi connectivity index (χ2v) is 5.75. The molecule has 1 amide bonds. The molecule has 2 N–H and O–H groups in total. The molecule has 1 fully saturated rings. The second-order valence-electron chi connectivity index (χ2n) is 5.75. The summed E-state index contributed by atoms with van der Waals surface area (Å²) in [7, 11) is 0. The van der Waals surface area contributed by atoms with Gasteiger partial charge in [0, 0.05) is 13.2 Å². The van der Waals surface area contributed by atoms with Gasteiger partial charge in [-0.2, -0.15) is 0 Å². The van der Waals surface area contributed by atoms with Crippen molar-refractivity contribution in [3.05, 3.63) is 35.9 Å². The number of aliphatic hydroxyl groups is 1. The van der Waals surface area contributed by atoms with E-state index in [0.29, 0.717) is 18.4 Å². The van der Waals surface area contributed by atoms with Gasteiger partial charge in [0.05, 0.1) is 5.92 Å². The summed E-state index contributed by atoms with van der Waals surface area (Å²) in [4.78, 5) is 12.4. The average Bonchev–Trinajstić information content (AvgIpc) is 2.94. The molecule has 0 saturated heterocycles. The first-order valence-corrected chi connectivity index (χ1v) is 7.69. The van der Waals surface area contributed by atoms with E-state index in [2.05, 4.69) is 5.32 Å². The normalized spacial score (nSPS) is 23.5. The molecule has 0 bridgehead atoms. The maximum Gasteiger partial charge on any atom is 0.227 e. The van der Waals surface area contributed by atoms with E-state index in [4.69, 9.17) is 0 Å². The van der Waals surface area contributed by atoms with Crippen LogP contribution in [0.2, 0.25) is 0 Å². The molecule has 2 rings (SSSR count). The predicted octanol–water partition coefficient (Wildman–Crippen LogP) is 2.71. The van der Waals surface area contributed by atoms with E-state index >= 15 is 0 Å². The summed E-state index contributed by atoms with van der Waals surface area (Å²) in [5, 5.41) is 12.4. The van der Waals surface area contributed by atoms with Crippen LogP contribution in [0.5, 0.6) is 0 Å². The Kier molecular flexibility index (Phi) is 5.60. The molecule has 3 heteroatoms. The maximum atomic E-state index is 12.4. The highest BCUT2D eigenvalue weighted by molar-refractivity contribution is 5.83. The third kappa shape index (κ3) is 3.60. The standard InChI is InChI=1S/C17H25NO2/c1-2-16(13-7-4-3-5-8-13)17(20)18-11-14-9-6-10-15(14)12-19/h3-5,7-8,14-16,19H,2,6,9-12H2,1H3,(H,18,20). The fraction of sp³-hybridized carbons (Fsp3) is 0.588. The molecular formula is C17H25NO2. The quantitative estimate of drug-likeness (QED) is 0.838. The number of carbonyl (C=O) groups excluding carboxylic acids is 1. The van der Waals surface area contributed by atoms with Gasteiger partial charge in [-0.15, -0.1) is 0 Å². The first kappa shape index (κ1) is 15.0. The third-order valence-corrected chi connectivity index (χ3v) is 4.52. The van der Waals surface area contributed by atoms with Crippen LogP contribution >= 0.6 is 0 Å². The molecule has 0 aliphatic heterocycles. The van der Waals surface area contributed by atoms with Crippen LogP contribution in [0.1, 0.15) is 44.1 Å². The predicted molar refractivity (Wildman–Crippen MR) is 80.4 cm³/mol. The molecule has 0 radical (unpaired) electrons. The van der Waals surface area contributed by atoms with Gasteiger partial charge in [0.25, 0.3) is 0 Å². The Balaban J connectivity index is 1.90. The van der Waals surface area contributed by atoms with Crippen molar-refractivity contribution in [2.45, 2.75) is 38.5 Å². The molecule has 1 aromatic carbocycles. The van der Waals surface area contributed by atoms with E-state index in [1.54, 1.807) is 0 Å². The summed E-state index contributed by atoms with van der Waals surface area (Å²) in [5.74, 6) is 0.858. The summed E-state index contributed by atoms with van der Waals surface area (Å²) >= 11 is 0. The summed E-state index contributed by atoms with van der Waals surface area (Å²) < 4.78 is 0. The third-order valence-electron chi connectivity index (χ3n) is 4.52. The van der Waals surface area contributed by atoms with Crippen molar-refractivity contribution in [1.82, 2.24) is 5.32 Å². The Morgan fingerprint density at radius 1 is 1.30 bits per heavy atom. The fourth-order valence-corrected chi connectivity index (χ4v) is 3.24. The molecule has 20 heavy (non-hydrogen) atoms. The number of carbonyl (C=O) groups is 1. The number of hydrogen-bond acceptors (Lipinski definition) is 2. The van der Waals surface area contributed by atoms with Crippen molar-refractivity contribution in [3.63, 3.8) is 0 Å². The van der Waals surface area contributed by atoms with Crippen LogP contribution in [0.4, 0.5) is 0 Å². The number of benzene rings is 1. The average molecular weight is 275 g/mol. The van der Waals surface area contributed by atoms with Crippen molar-refractivity contribution in [2.24, 2.45) is 11.8 Å². The van der Waals surface area contributed by atoms with Crippen LogP contribution in [-0.4, -0.2) is 24.2 Å². The topological polar surface area (TPSA) is 49.3 Å². The lowest BCUT2D eigenvalue weighted by Gasteiger charge is -2.20. The molecule has 3 unspecified atom stereocenters. The minimum absolute atomic E-state index is 0.0646. The van der Waals surface area contributed by atoms with Crippen molar-refractivity contribution in [2.75, 3.05) is 13.2 Å². The van der Waals surface area contributed by atoms with Crippen LogP contribution in [0.15, 0.2) is 30.3 Å². The Labute approximate surface area is 121 Å². The molecular weight excluding hydrogens is 250 g/mol. The Bertz CT molecular complexity index is 418. The van der Waals surface area contributed by atoms with Crippen LogP contribution in [0.25, 0.3) is 0 Å². The minimum Gasteiger partial charge on any atom is -0.396 e. The number of aliphatic hydroxyl groups excluding tert-OH is 1. The van der Waals surface area contributed by atoms with Crippen LogP contribution in [-0.2, 0) is 4.79 Å². The molecule has 0 spiro atoms. The van der Waals surface area contributed by atoms with Crippen LogP contribution in [0, 0.1) is 11.8 Å². The second kappa shape index (κ2) is 7.44. The van der Waals surface area contributed by atoms with Crippen LogP contribution < -0.4 is 5.32 Å².